The van der Waals surface area contributed by atoms with Crippen LogP contribution in [0.25, 0.3) is 76.8 Å². The predicted octanol–water partition coefficient (Wildman–Crippen LogP) is 14.4. The normalized spacial score (nSPS) is 13.3. The molecule has 4 heteroatoms. The fourth-order valence-corrected chi connectivity index (χ4v) is 24.7. The highest BCUT2D eigenvalue weighted by molar-refractivity contribution is 9.10. The number of fused-ring (bicyclic) bond motifs is 12. The summed E-state index contributed by atoms with van der Waals surface area (Å²) in [6, 6.07) is 108. The Morgan fingerprint density at radius 2 is 0.513 bits per heavy atom. The molecule has 0 saturated heterocycles. The average molecular weight is 1130 g/mol. The van der Waals surface area contributed by atoms with Crippen LogP contribution in [-0.4, -0.2) is 16.1 Å². The highest BCUT2D eigenvalue weighted by Crippen LogP contribution is 2.40. The van der Waals surface area contributed by atoms with Gasteiger partial charge >= 0.3 is 0 Å². The van der Waals surface area contributed by atoms with Gasteiger partial charge in [-0.05, 0) is 149 Å². The van der Waals surface area contributed by atoms with Crippen LogP contribution in [-0.2, 0) is 0 Å². The molecule has 2 aliphatic heterocycles. The summed E-state index contributed by atoms with van der Waals surface area (Å²) in [6.45, 7) is 0. The van der Waals surface area contributed by atoms with Gasteiger partial charge in [-0.15, -0.1) is 0 Å². The van der Waals surface area contributed by atoms with Gasteiger partial charge in [0, 0.05) is 8.95 Å². The second kappa shape index (κ2) is 19.0. The van der Waals surface area contributed by atoms with Crippen LogP contribution in [0.15, 0.2) is 300 Å². The van der Waals surface area contributed by atoms with Crippen LogP contribution in [0.2, 0.25) is 0 Å². The van der Waals surface area contributed by atoms with Crippen molar-refractivity contribution in [2.75, 3.05) is 0 Å². The molecule has 0 fully saturated rings. The van der Waals surface area contributed by atoms with E-state index in [0.717, 1.165) is 8.95 Å². The molecular formula is C72H48Br2Si2. The average Bonchev–Trinajstić information content (AvgIpc) is 3.96. The Kier molecular flexibility index (Phi) is 11.6. The van der Waals surface area contributed by atoms with E-state index in [2.05, 4.69) is 323 Å². The van der Waals surface area contributed by atoms with Gasteiger partial charge in [0.25, 0.3) is 0 Å². The quantitative estimate of drug-likeness (QED) is 0.115. The Bertz CT molecular complexity index is 4270. The predicted molar refractivity (Wildman–Crippen MR) is 337 cm³/mol. The molecule has 0 atom stereocenters. The molecule has 76 heavy (non-hydrogen) atoms. The largest absolute Gasteiger partial charge is 0.180 e. The SMILES string of the molecule is Brc1ccc2c(c1)[Si](c1ccccc1)(c1ccccc1)c1cc(-c3ccccc3-c3ccccc3)ccc1-2.Brc1ccc2c(c1)[Si](c1ccccc1)(c1ccccc1)c1cc3c4ccccc4c4ccccc4c3cc1-2. The van der Waals surface area contributed by atoms with E-state index >= 15 is 0 Å². The third-order valence-electron chi connectivity index (χ3n) is 16.2. The van der Waals surface area contributed by atoms with Gasteiger partial charge in [0.2, 0.25) is 0 Å². The molecule has 0 aliphatic carbocycles. The number of hydrogen-bond donors (Lipinski definition) is 0. The lowest BCUT2D eigenvalue weighted by Crippen LogP contribution is -2.72. The van der Waals surface area contributed by atoms with Gasteiger partial charge in [-0.2, -0.15) is 0 Å². The van der Waals surface area contributed by atoms with Crippen LogP contribution in [0.1, 0.15) is 0 Å². The minimum atomic E-state index is -2.56. The topological polar surface area (TPSA) is 0 Å². The second-order valence-corrected chi connectivity index (χ2v) is 29.3. The van der Waals surface area contributed by atoms with Crippen LogP contribution in [0.3, 0.4) is 0 Å². The number of rotatable bonds is 6. The molecule has 0 unspecified atom stereocenters. The van der Waals surface area contributed by atoms with Crippen molar-refractivity contribution in [1.82, 2.24) is 0 Å². The minimum absolute atomic E-state index is 1.13. The third-order valence-corrected chi connectivity index (χ3v) is 26.9. The van der Waals surface area contributed by atoms with Crippen molar-refractivity contribution in [3.8, 4) is 44.5 Å². The van der Waals surface area contributed by atoms with Crippen molar-refractivity contribution in [2.24, 2.45) is 0 Å². The Labute approximate surface area is 462 Å². The molecule has 15 rings (SSSR count). The Hall–Kier alpha value is -7.97. The first-order valence-corrected chi connectivity index (χ1v) is 31.6. The van der Waals surface area contributed by atoms with Gasteiger partial charge in [-0.25, -0.2) is 0 Å². The van der Waals surface area contributed by atoms with Crippen LogP contribution >= 0.6 is 31.9 Å². The van der Waals surface area contributed by atoms with E-state index in [-0.39, 0.29) is 0 Å². The molecular weight excluding hydrogens is 1080 g/mol. The maximum Gasteiger partial charge on any atom is 0.180 e. The van der Waals surface area contributed by atoms with E-state index in [4.69, 9.17) is 0 Å². The van der Waals surface area contributed by atoms with Crippen LogP contribution in [0, 0.1) is 0 Å². The molecule has 0 radical (unpaired) electrons. The van der Waals surface area contributed by atoms with Crippen molar-refractivity contribution < 1.29 is 0 Å². The van der Waals surface area contributed by atoms with Gasteiger partial charge in [0.05, 0.1) is 0 Å². The van der Waals surface area contributed by atoms with Crippen LogP contribution in [0.4, 0.5) is 0 Å². The summed E-state index contributed by atoms with van der Waals surface area (Å²) < 4.78 is 2.26. The summed E-state index contributed by atoms with van der Waals surface area (Å²) in [4.78, 5) is 0. The zero-order valence-electron chi connectivity index (χ0n) is 41.5. The Morgan fingerprint density at radius 3 is 0.961 bits per heavy atom. The number of halogens is 2. The molecule has 0 spiro atoms. The smallest absolute Gasteiger partial charge is 0.0623 e. The standard InChI is InChI=1S/C36H23BrSi.C36H25BrSi/c37-24-19-20-31-34-22-32-29-17-9-7-15-27(29)28-16-8-10-18-30(28)33(32)23-36(34)38(35(31)21-24,25-11-3-1-4-12-25)26-13-5-2-6-14-26;37-28-21-23-34-33-22-20-27(32-19-11-10-18-31(32)26-12-4-1-5-13-26)24-35(33)38(36(34)25-28,29-14-6-2-7-15-29)30-16-8-3-9-17-30/h1-23H;1-25H. The Morgan fingerprint density at radius 1 is 0.197 bits per heavy atom. The summed E-state index contributed by atoms with van der Waals surface area (Å²) in [7, 11) is -5.11. The van der Waals surface area contributed by atoms with Crippen LogP contribution < -0.4 is 41.5 Å². The third kappa shape index (κ3) is 7.27. The molecule has 0 N–H and O–H groups in total. The van der Waals surface area contributed by atoms with Gasteiger partial charge in [-0.1, -0.05) is 293 Å². The molecule has 13 aromatic rings. The number of hydrogen-bond acceptors (Lipinski definition) is 0. The molecule has 0 bridgehead atoms. The maximum absolute atomic E-state index is 3.84. The van der Waals surface area contributed by atoms with Crippen molar-refractivity contribution in [3.63, 3.8) is 0 Å². The lowest BCUT2D eigenvalue weighted by molar-refractivity contribution is 1.59. The molecule has 358 valence electrons. The fraction of sp³-hybridized carbons (Fsp3) is 0. The second-order valence-electron chi connectivity index (χ2n) is 20.1. The van der Waals surface area contributed by atoms with E-state index < -0.39 is 16.1 Å². The van der Waals surface area contributed by atoms with Crippen molar-refractivity contribution in [1.29, 1.82) is 0 Å². The van der Waals surface area contributed by atoms with Crippen molar-refractivity contribution in [3.05, 3.63) is 300 Å². The van der Waals surface area contributed by atoms with Gasteiger partial charge < -0.3 is 0 Å². The lowest BCUT2D eigenvalue weighted by atomic mass is 9.92. The zero-order valence-corrected chi connectivity index (χ0v) is 46.6. The highest BCUT2D eigenvalue weighted by Gasteiger charge is 2.50. The summed E-state index contributed by atoms with van der Waals surface area (Å²) >= 11 is 7.65. The molecule has 0 saturated carbocycles. The molecule has 2 aliphatic rings. The van der Waals surface area contributed by atoms with E-state index in [1.54, 1.807) is 0 Å². The summed E-state index contributed by atoms with van der Waals surface area (Å²) in [5, 5.41) is 19.5. The van der Waals surface area contributed by atoms with Crippen molar-refractivity contribution in [2.45, 2.75) is 0 Å². The zero-order chi connectivity index (χ0) is 50.8. The number of benzene rings is 13. The minimum Gasteiger partial charge on any atom is -0.0623 e. The maximum atomic E-state index is 3.84. The monoisotopic (exact) mass is 1130 g/mol. The molecule has 0 amide bonds. The first-order chi connectivity index (χ1) is 37.5. The molecule has 0 aromatic heterocycles. The van der Waals surface area contributed by atoms with E-state index in [9.17, 15) is 0 Å². The summed E-state index contributed by atoms with van der Waals surface area (Å²) in [6.07, 6.45) is 0. The first-order valence-electron chi connectivity index (χ1n) is 26.0. The van der Waals surface area contributed by atoms with Crippen molar-refractivity contribution >= 4 is 122 Å². The molecule has 0 nitrogen and oxygen atoms in total. The van der Waals surface area contributed by atoms with Gasteiger partial charge in [0.15, 0.2) is 16.1 Å². The summed E-state index contributed by atoms with van der Waals surface area (Å²) in [5.74, 6) is 0. The highest BCUT2D eigenvalue weighted by atomic mass is 79.9. The van der Waals surface area contributed by atoms with Gasteiger partial charge in [-0.3, -0.25) is 0 Å². The van der Waals surface area contributed by atoms with E-state index in [1.165, 1.54) is 118 Å². The summed E-state index contributed by atoms with van der Waals surface area (Å²) in [5.41, 5.74) is 10.5. The Balaban J connectivity index is 0.000000139. The fourth-order valence-electron chi connectivity index (χ4n) is 13.1. The molecule has 2 heterocycles. The molecule has 13 aromatic carbocycles. The first kappa shape index (κ1) is 46.6. The van der Waals surface area contributed by atoms with Crippen LogP contribution in [0.5, 0.6) is 0 Å². The van der Waals surface area contributed by atoms with E-state index in [0.29, 0.717) is 0 Å². The lowest BCUT2D eigenvalue weighted by Gasteiger charge is -2.31. The van der Waals surface area contributed by atoms with E-state index in [1.807, 2.05) is 0 Å². The van der Waals surface area contributed by atoms with Gasteiger partial charge in [0.1, 0.15) is 0 Å².